The van der Waals surface area contributed by atoms with Gasteiger partial charge in [-0.25, -0.2) is 0 Å². The van der Waals surface area contributed by atoms with E-state index < -0.39 is 18.3 Å². The maximum Gasteiger partial charge on any atom is 0.495 e. The molecule has 0 radical (unpaired) electrons. The third kappa shape index (κ3) is 4.05. The van der Waals surface area contributed by atoms with E-state index in [1.54, 1.807) is 26.5 Å². The molecule has 2 rings (SSSR count). The molecular weight excluding hydrogens is 341 g/mol. The van der Waals surface area contributed by atoms with Gasteiger partial charge in [0.2, 0.25) is 0 Å². The first-order valence-corrected chi connectivity index (χ1v) is 8.22. The van der Waals surface area contributed by atoms with E-state index in [-0.39, 0.29) is 5.11 Å². The van der Waals surface area contributed by atoms with Crippen molar-refractivity contribution in [3.05, 3.63) is 17.7 Å². The molecule has 136 valence electrons. The van der Waals surface area contributed by atoms with E-state index in [1.165, 1.54) is 0 Å². The van der Waals surface area contributed by atoms with Crippen LogP contribution in [-0.4, -0.2) is 43.9 Å². The molecule has 25 heavy (non-hydrogen) atoms. The molecular formula is C16H24BN3O4S. The second kappa shape index (κ2) is 7.19. The second-order valence-electron chi connectivity index (χ2n) is 6.66. The molecule has 0 bridgehead atoms. The molecule has 0 saturated carbocycles. The van der Waals surface area contributed by atoms with E-state index in [0.717, 1.165) is 5.46 Å². The molecule has 0 aliphatic carbocycles. The minimum Gasteiger partial charge on any atom is -0.497 e. The van der Waals surface area contributed by atoms with Gasteiger partial charge in [0.1, 0.15) is 11.5 Å². The third-order valence-corrected chi connectivity index (χ3v) is 4.57. The highest BCUT2D eigenvalue weighted by Crippen LogP contribution is 2.37. The van der Waals surface area contributed by atoms with Gasteiger partial charge in [0.25, 0.3) is 0 Å². The lowest BCUT2D eigenvalue weighted by Crippen LogP contribution is -2.41. The lowest BCUT2D eigenvalue weighted by molar-refractivity contribution is 0.00578. The molecule has 1 aliphatic rings. The molecule has 9 heteroatoms. The Labute approximate surface area is 154 Å². The summed E-state index contributed by atoms with van der Waals surface area (Å²) in [7, 11) is 2.56. The van der Waals surface area contributed by atoms with Gasteiger partial charge in [-0.3, -0.25) is 5.43 Å². The molecule has 0 aromatic heterocycles. The zero-order chi connectivity index (χ0) is 18.8. The van der Waals surface area contributed by atoms with Crippen molar-refractivity contribution in [3.8, 4) is 11.5 Å². The number of nitrogens with zero attached hydrogens (tertiary/aromatic N) is 1. The van der Waals surface area contributed by atoms with Crippen molar-refractivity contribution in [2.45, 2.75) is 38.9 Å². The number of ether oxygens (including phenoxy) is 2. The highest BCUT2D eigenvalue weighted by molar-refractivity contribution is 7.80. The molecule has 1 aromatic rings. The van der Waals surface area contributed by atoms with Crippen LogP contribution < -0.4 is 26.1 Å². The maximum absolute atomic E-state index is 6.15. The van der Waals surface area contributed by atoms with Crippen molar-refractivity contribution >= 4 is 36.1 Å². The number of hydrogen-bond acceptors (Lipinski definition) is 6. The summed E-state index contributed by atoms with van der Waals surface area (Å²) in [4.78, 5) is 0. The Kier molecular flexibility index (Phi) is 5.60. The number of methoxy groups -OCH3 is 2. The zero-order valence-corrected chi connectivity index (χ0v) is 16.2. The molecule has 3 N–H and O–H groups in total. The van der Waals surface area contributed by atoms with E-state index >= 15 is 0 Å². The SMILES string of the molecule is COc1cc(OC)c(C=NNC(N)=S)c(B2OC(C)(C)C(C)(C)O2)c1. The molecule has 0 spiro atoms. The zero-order valence-electron chi connectivity index (χ0n) is 15.4. The molecule has 1 aromatic carbocycles. The van der Waals surface area contributed by atoms with E-state index in [1.807, 2.05) is 33.8 Å². The van der Waals surface area contributed by atoms with Gasteiger partial charge < -0.3 is 24.5 Å². The first-order chi connectivity index (χ1) is 11.6. The van der Waals surface area contributed by atoms with Crippen LogP contribution in [-0.2, 0) is 9.31 Å². The summed E-state index contributed by atoms with van der Waals surface area (Å²) in [5.74, 6) is 1.19. The number of nitrogens with one attached hydrogen (secondary N) is 1. The van der Waals surface area contributed by atoms with Crippen LogP contribution in [0, 0.1) is 0 Å². The number of benzene rings is 1. The van der Waals surface area contributed by atoms with Gasteiger partial charge in [-0.1, -0.05) is 0 Å². The number of thiocarbonyl (C=S) groups is 1. The fraction of sp³-hybridized carbons (Fsp3) is 0.500. The van der Waals surface area contributed by atoms with Crippen molar-refractivity contribution in [1.29, 1.82) is 0 Å². The van der Waals surface area contributed by atoms with Gasteiger partial charge in [0.05, 0.1) is 31.6 Å². The monoisotopic (exact) mass is 365 g/mol. The van der Waals surface area contributed by atoms with Gasteiger partial charge in [0.15, 0.2) is 5.11 Å². The molecule has 1 heterocycles. The number of hydrazone groups is 1. The minimum atomic E-state index is -0.597. The van der Waals surface area contributed by atoms with Crippen LogP contribution in [0.2, 0.25) is 0 Å². The fourth-order valence-corrected chi connectivity index (χ4v) is 2.42. The predicted molar refractivity (Wildman–Crippen MR) is 103 cm³/mol. The summed E-state index contributed by atoms with van der Waals surface area (Å²) in [6, 6.07) is 3.60. The number of rotatable bonds is 5. The van der Waals surface area contributed by atoms with E-state index in [4.69, 9.17) is 36.7 Å². The summed E-state index contributed by atoms with van der Waals surface area (Å²) >= 11 is 4.76. The molecule has 0 atom stereocenters. The van der Waals surface area contributed by atoms with Crippen LogP contribution in [0.5, 0.6) is 11.5 Å². The third-order valence-electron chi connectivity index (χ3n) is 4.48. The van der Waals surface area contributed by atoms with E-state index in [2.05, 4.69) is 10.5 Å². The van der Waals surface area contributed by atoms with Gasteiger partial charge in [-0.05, 0) is 51.4 Å². The van der Waals surface area contributed by atoms with Crippen LogP contribution in [0.15, 0.2) is 17.2 Å². The summed E-state index contributed by atoms with van der Waals surface area (Å²) in [5.41, 5.74) is 8.42. The summed E-state index contributed by atoms with van der Waals surface area (Å²) in [6.45, 7) is 7.97. The Hall–Kier alpha value is -1.84. The lowest BCUT2D eigenvalue weighted by atomic mass is 9.75. The van der Waals surface area contributed by atoms with Crippen LogP contribution in [0.4, 0.5) is 0 Å². The van der Waals surface area contributed by atoms with Crippen molar-refractivity contribution in [2.75, 3.05) is 14.2 Å². The first kappa shape index (κ1) is 19.5. The summed E-state index contributed by atoms with van der Waals surface area (Å²) in [5, 5.41) is 4.11. The Bertz CT molecular complexity index is 678. The second-order valence-corrected chi connectivity index (χ2v) is 7.09. The Morgan fingerprint density at radius 2 is 1.80 bits per heavy atom. The Morgan fingerprint density at radius 3 is 2.28 bits per heavy atom. The number of hydrogen-bond donors (Lipinski definition) is 2. The largest absolute Gasteiger partial charge is 0.497 e. The summed E-state index contributed by atoms with van der Waals surface area (Å²) < 4.78 is 23.1. The molecule has 0 unspecified atom stereocenters. The fourth-order valence-electron chi connectivity index (χ4n) is 2.37. The highest BCUT2D eigenvalue weighted by Gasteiger charge is 2.52. The molecule has 1 aliphatic heterocycles. The van der Waals surface area contributed by atoms with Crippen molar-refractivity contribution in [3.63, 3.8) is 0 Å². The molecule has 0 amide bonds. The average Bonchev–Trinajstić information content (AvgIpc) is 2.74. The number of nitrogens with two attached hydrogens (primary N) is 1. The Balaban J connectivity index is 2.51. The maximum atomic E-state index is 6.15. The van der Waals surface area contributed by atoms with Gasteiger partial charge in [-0.2, -0.15) is 5.10 Å². The molecule has 7 nitrogen and oxygen atoms in total. The quantitative estimate of drug-likeness (QED) is 0.351. The van der Waals surface area contributed by atoms with Gasteiger partial charge >= 0.3 is 7.12 Å². The summed E-state index contributed by atoms with van der Waals surface area (Å²) in [6.07, 6.45) is 1.57. The standard InChI is InChI=1S/C16H24BN3O4S/c1-15(2)16(3,4)24-17(23-15)12-7-10(21-5)8-13(22-6)11(12)9-19-20-14(18)25/h7-9H,1-6H3,(H3,18,20,25). The first-order valence-electron chi connectivity index (χ1n) is 7.81. The van der Waals surface area contributed by atoms with Crippen molar-refractivity contribution < 1.29 is 18.8 Å². The average molecular weight is 365 g/mol. The topological polar surface area (TPSA) is 87.3 Å². The van der Waals surface area contributed by atoms with Gasteiger partial charge in [-0.15, -0.1) is 0 Å². The van der Waals surface area contributed by atoms with Crippen LogP contribution in [0.25, 0.3) is 0 Å². The lowest BCUT2D eigenvalue weighted by Gasteiger charge is -2.32. The molecule has 1 saturated heterocycles. The smallest absolute Gasteiger partial charge is 0.495 e. The van der Waals surface area contributed by atoms with Crippen molar-refractivity contribution in [1.82, 2.24) is 5.43 Å². The molecule has 1 fully saturated rings. The Morgan fingerprint density at radius 1 is 1.20 bits per heavy atom. The van der Waals surface area contributed by atoms with Crippen LogP contribution in [0.1, 0.15) is 33.3 Å². The van der Waals surface area contributed by atoms with E-state index in [0.29, 0.717) is 17.1 Å². The van der Waals surface area contributed by atoms with Crippen LogP contribution in [0.3, 0.4) is 0 Å². The minimum absolute atomic E-state index is 0.0703. The highest BCUT2D eigenvalue weighted by atomic mass is 32.1. The van der Waals surface area contributed by atoms with Gasteiger partial charge in [0, 0.05) is 11.6 Å². The normalized spacial score (nSPS) is 18.4. The predicted octanol–water partition coefficient (Wildman–Crippen LogP) is 1.17. The van der Waals surface area contributed by atoms with E-state index in [9.17, 15) is 0 Å². The van der Waals surface area contributed by atoms with Crippen LogP contribution >= 0.6 is 12.2 Å². The van der Waals surface area contributed by atoms with Crippen molar-refractivity contribution in [2.24, 2.45) is 10.8 Å².